The molecule has 0 aliphatic carbocycles. The maximum atomic E-state index is 12.3. The third-order valence-electron chi connectivity index (χ3n) is 4.84. The lowest BCUT2D eigenvalue weighted by Crippen LogP contribution is -2.38. The molecule has 1 amide bonds. The van der Waals surface area contributed by atoms with E-state index in [-0.39, 0.29) is 30.0 Å². The molecule has 1 saturated heterocycles. The highest BCUT2D eigenvalue weighted by Gasteiger charge is 2.31. The molecule has 1 aromatic carbocycles. The second-order valence-corrected chi connectivity index (χ2v) is 9.89. The first-order valence-corrected chi connectivity index (χ1v) is 11.3. The van der Waals surface area contributed by atoms with E-state index in [0.29, 0.717) is 11.6 Å². The molecule has 1 aliphatic heterocycles. The van der Waals surface area contributed by atoms with E-state index >= 15 is 0 Å². The van der Waals surface area contributed by atoms with Gasteiger partial charge in [-0.2, -0.15) is 0 Å². The highest BCUT2D eigenvalue weighted by Crippen LogP contribution is 2.30. The Kier molecular flexibility index (Phi) is 4.75. The number of aromatic nitrogens is 2. The van der Waals surface area contributed by atoms with E-state index in [4.69, 9.17) is 0 Å². The van der Waals surface area contributed by atoms with Crippen LogP contribution in [0.25, 0.3) is 22.2 Å². The maximum absolute atomic E-state index is 12.3. The minimum atomic E-state index is -2.96. The minimum absolute atomic E-state index is 0.0983. The zero-order valence-corrected chi connectivity index (χ0v) is 16.4. The summed E-state index contributed by atoms with van der Waals surface area (Å²) in [6, 6.07) is 7.89. The molecule has 7 nitrogen and oxygen atoms in total. The van der Waals surface area contributed by atoms with E-state index in [1.807, 2.05) is 35.8 Å². The fourth-order valence-electron chi connectivity index (χ4n) is 3.38. The molecule has 4 rings (SSSR count). The smallest absolute Gasteiger partial charge is 0.240 e. The van der Waals surface area contributed by atoms with Crippen LogP contribution in [0.5, 0.6) is 0 Å². The molecule has 0 spiro atoms. The van der Waals surface area contributed by atoms with Crippen molar-refractivity contribution in [3.8, 4) is 11.3 Å². The number of sulfone groups is 1. The Morgan fingerprint density at radius 3 is 3.00 bits per heavy atom. The molecule has 142 valence electrons. The van der Waals surface area contributed by atoms with Gasteiger partial charge in [0, 0.05) is 34.1 Å². The average Bonchev–Trinajstić information content (AvgIpc) is 3.32. The van der Waals surface area contributed by atoms with Gasteiger partial charge >= 0.3 is 0 Å². The summed E-state index contributed by atoms with van der Waals surface area (Å²) in [6.07, 6.45) is 2.49. The third kappa shape index (κ3) is 3.90. The molecule has 9 heteroatoms. The number of likely N-dealkylation sites (N-methyl/N-ethyl adjacent to an activating group) is 1. The second-order valence-electron chi connectivity index (χ2n) is 6.81. The Bertz CT molecular complexity index is 1090. The molecule has 27 heavy (non-hydrogen) atoms. The fourth-order valence-corrected chi connectivity index (χ4v) is 5.91. The normalized spacial score (nSPS) is 19.0. The van der Waals surface area contributed by atoms with E-state index in [1.165, 1.54) is 11.3 Å². The predicted molar refractivity (Wildman–Crippen MR) is 108 cm³/mol. The molecule has 0 radical (unpaired) electrons. The Morgan fingerprint density at radius 1 is 1.41 bits per heavy atom. The molecule has 1 atom stereocenters. The van der Waals surface area contributed by atoms with Gasteiger partial charge in [-0.05, 0) is 19.5 Å². The van der Waals surface area contributed by atoms with Crippen molar-refractivity contribution in [3.63, 3.8) is 0 Å². The predicted octanol–water partition coefficient (Wildman–Crippen LogP) is 2.35. The molecule has 0 bridgehead atoms. The van der Waals surface area contributed by atoms with Gasteiger partial charge in [0.05, 0.1) is 23.7 Å². The zero-order chi connectivity index (χ0) is 19.0. The van der Waals surface area contributed by atoms with E-state index in [2.05, 4.69) is 15.3 Å². The summed E-state index contributed by atoms with van der Waals surface area (Å²) in [5.74, 6) is 0.129. The standard InChI is InChI=1S/C18H20N4O3S2/c1-22(12-6-7-27(24,25)11-12)9-17(23)21-18-20-16(10-26-18)14-8-19-15-5-3-2-4-13(14)15/h2-5,8,10,12,19H,6-7,9,11H2,1H3,(H,20,21,23). The van der Waals surface area contributed by atoms with Gasteiger partial charge in [-0.25, -0.2) is 13.4 Å². The Hall–Kier alpha value is -2.23. The third-order valence-corrected chi connectivity index (χ3v) is 7.35. The number of nitrogens with zero attached hydrogens (tertiary/aromatic N) is 2. The van der Waals surface area contributed by atoms with Crippen molar-refractivity contribution in [2.75, 3.05) is 30.4 Å². The summed E-state index contributed by atoms with van der Waals surface area (Å²) in [6.45, 7) is 0.141. The Morgan fingerprint density at radius 2 is 2.22 bits per heavy atom. The van der Waals surface area contributed by atoms with Crippen LogP contribution in [0, 0.1) is 0 Å². The first kappa shape index (κ1) is 18.1. The van der Waals surface area contributed by atoms with Gasteiger partial charge in [-0.15, -0.1) is 11.3 Å². The van der Waals surface area contributed by atoms with E-state index in [0.717, 1.165) is 22.2 Å². The molecule has 3 aromatic rings. The van der Waals surface area contributed by atoms with Gasteiger partial charge in [0.15, 0.2) is 15.0 Å². The van der Waals surface area contributed by atoms with Crippen LogP contribution in [-0.2, 0) is 14.6 Å². The van der Waals surface area contributed by atoms with E-state index < -0.39 is 9.84 Å². The van der Waals surface area contributed by atoms with Crippen molar-refractivity contribution in [1.29, 1.82) is 0 Å². The highest BCUT2D eigenvalue weighted by atomic mass is 32.2. The number of benzene rings is 1. The minimum Gasteiger partial charge on any atom is -0.360 e. The number of rotatable bonds is 5. The molecule has 2 N–H and O–H groups in total. The van der Waals surface area contributed by atoms with Crippen molar-refractivity contribution >= 4 is 43.1 Å². The maximum Gasteiger partial charge on any atom is 0.240 e. The molecule has 0 saturated carbocycles. The van der Waals surface area contributed by atoms with Gasteiger partial charge in [-0.3, -0.25) is 9.69 Å². The number of aromatic amines is 1. The Labute approximate surface area is 161 Å². The van der Waals surface area contributed by atoms with Gasteiger partial charge in [0.25, 0.3) is 0 Å². The van der Waals surface area contributed by atoms with Crippen molar-refractivity contribution in [3.05, 3.63) is 35.8 Å². The lowest BCUT2D eigenvalue weighted by Gasteiger charge is -2.21. The fraction of sp³-hybridized carbons (Fsp3) is 0.333. The van der Waals surface area contributed by atoms with Gasteiger partial charge < -0.3 is 10.3 Å². The Balaban J connectivity index is 1.41. The van der Waals surface area contributed by atoms with Gasteiger partial charge in [-0.1, -0.05) is 18.2 Å². The number of fused-ring (bicyclic) bond motifs is 1. The topological polar surface area (TPSA) is 95.2 Å². The van der Waals surface area contributed by atoms with E-state index in [9.17, 15) is 13.2 Å². The van der Waals surface area contributed by atoms with Crippen LogP contribution in [0.2, 0.25) is 0 Å². The summed E-state index contributed by atoms with van der Waals surface area (Å²) in [4.78, 5) is 21.9. The van der Waals surface area contributed by atoms with Crippen LogP contribution in [0.1, 0.15) is 6.42 Å². The van der Waals surface area contributed by atoms with E-state index in [1.54, 1.807) is 11.9 Å². The van der Waals surface area contributed by atoms with Gasteiger partial charge in [0.1, 0.15) is 0 Å². The average molecular weight is 405 g/mol. The van der Waals surface area contributed by atoms with Crippen LogP contribution in [0.3, 0.4) is 0 Å². The monoisotopic (exact) mass is 404 g/mol. The molecule has 1 aliphatic rings. The molecular formula is C18H20N4O3S2. The number of thiazole rings is 1. The first-order valence-electron chi connectivity index (χ1n) is 8.64. The van der Waals surface area contributed by atoms with Crippen LogP contribution < -0.4 is 5.32 Å². The number of H-pyrrole nitrogens is 1. The number of carbonyl (C=O) groups is 1. The lowest BCUT2D eigenvalue weighted by atomic mass is 10.1. The highest BCUT2D eigenvalue weighted by molar-refractivity contribution is 7.91. The summed E-state index contributed by atoms with van der Waals surface area (Å²) >= 11 is 1.37. The number of para-hydroxylation sites is 1. The lowest BCUT2D eigenvalue weighted by molar-refractivity contribution is -0.117. The summed E-state index contributed by atoms with van der Waals surface area (Å²) < 4.78 is 23.2. The summed E-state index contributed by atoms with van der Waals surface area (Å²) in [7, 11) is -1.18. The molecule has 3 heterocycles. The summed E-state index contributed by atoms with van der Waals surface area (Å²) in [5.41, 5.74) is 2.85. The second kappa shape index (κ2) is 7.06. The van der Waals surface area contributed by atoms with Crippen LogP contribution >= 0.6 is 11.3 Å². The summed E-state index contributed by atoms with van der Waals surface area (Å²) in [5, 5.41) is 6.35. The first-order chi connectivity index (χ1) is 12.9. The van der Waals surface area contributed by atoms with Gasteiger partial charge in [0.2, 0.25) is 5.91 Å². The quantitative estimate of drug-likeness (QED) is 0.681. The number of hydrogen-bond acceptors (Lipinski definition) is 6. The van der Waals surface area contributed by atoms with Crippen molar-refractivity contribution in [2.45, 2.75) is 12.5 Å². The van der Waals surface area contributed by atoms with Crippen molar-refractivity contribution < 1.29 is 13.2 Å². The molecular weight excluding hydrogens is 384 g/mol. The number of carbonyl (C=O) groups excluding carboxylic acids is 1. The zero-order valence-electron chi connectivity index (χ0n) is 14.8. The number of amides is 1. The number of anilines is 1. The molecule has 1 fully saturated rings. The number of hydrogen-bond donors (Lipinski definition) is 2. The van der Waals surface area contributed by atoms with Crippen LogP contribution in [0.15, 0.2) is 35.8 Å². The number of nitrogens with one attached hydrogen (secondary N) is 2. The van der Waals surface area contributed by atoms with Crippen LogP contribution in [-0.4, -0.2) is 60.3 Å². The van der Waals surface area contributed by atoms with Crippen molar-refractivity contribution in [2.24, 2.45) is 0 Å². The van der Waals surface area contributed by atoms with Crippen LogP contribution in [0.4, 0.5) is 5.13 Å². The van der Waals surface area contributed by atoms with Crippen molar-refractivity contribution in [1.82, 2.24) is 14.9 Å². The molecule has 2 aromatic heterocycles. The SMILES string of the molecule is CN(CC(=O)Nc1nc(-c2c[nH]c3ccccc23)cs1)C1CCS(=O)(=O)C1. The largest absolute Gasteiger partial charge is 0.360 e. The molecule has 1 unspecified atom stereocenters.